The predicted molar refractivity (Wildman–Crippen MR) is 270 cm³/mol. The van der Waals surface area contributed by atoms with Gasteiger partial charge >= 0.3 is 0 Å². The second-order valence-corrected chi connectivity index (χ2v) is 18.9. The fourth-order valence-electron chi connectivity index (χ4n) is 11.9. The highest BCUT2D eigenvalue weighted by atomic mass is 15.2. The Bertz CT molecular complexity index is 3350. The molecule has 2 aliphatic heterocycles. The molecular weight excluding hydrogens is 771 g/mol. The second-order valence-electron chi connectivity index (χ2n) is 18.9. The zero-order valence-electron chi connectivity index (χ0n) is 36.3. The molecule has 0 saturated carbocycles. The van der Waals surface area contributed by atoms with Crippen LogP contribution in [0, 0.1) is 0 Å². The molecule has 0 bridgehead atoms. The molecule has 9 aromatic carbocycles. The van der Waals surface area contributed by atoms with Crippen LogP contribution < -0.4 is 26.2 Å². The van der Waals surface area contributed by atoms with Crippen molar-refractivity contribution in [1.29, 1.82) is 0 Å². The maximum absolute atomic E-state index is 4.50. The van der Waals surface area contributed by atoms with Crippen LogP contribution in [0.1, 0.15) is 48.6 Å². The molecule has 4 aliphatic rings. The smallest absolute Gasteiger partial charge is 0.252 e. The van der Waals surface area contributed by atoms with Crippen molar-refractivity contribution in [2.24, 2.45) is 0 Å². The number of rotatable bonds is 4. The van der Waals surface area contributed by atoms with Gasteiger partial charge in [-0.2, -0.15) is 0 Å². The van der Waals surface area contributed by atoms with Crippen LogP contribution >= 0.6 is 0 Å². The summed E-state index contributed by atoms with van der Waals surface area (Å²) >= 11 is 0. The summed E-state index contributed by atoms with van der Waals surface area (Å²) in [7, 11) is 0. The van der Waals surface area contributed by atoms with Gasteiger partial charge in [0, 0.05) is 34.5 Å². The first-order valence-electron chi connectivity index (χ1n) is 22.6. The van der Waals surface area contributed by atoms with Crippen LogP contribution in [0.25, 0.3) is 44.5 Å². The molecule has 64 heavy (non-hydrogen) atoms. The Morgan fingerprint density at radius 3 is 1.48 bits per heavy atom. The molecule has 0 saturated heterocycles. The lowest BCUT2D eigenvalue weighted by molar-refractivity contribution is 0.590. The molecule has 13 rings (SSSR count). The minimum atomic E-state index is -0.525. The number of hydrogen-bond donors (Lipinski definition) is 0. The van der Waals surface area contributed by atoms with Crippen molar-refractivity contribution in [2.45, 2.75) is 31.6 Å². The monoisotopic (exact) mass is 816 g/mol. The summed E-state index contributed by atoms with van der Waals surface area (Å²) in [6.45, 7) is 11.5. The average molecular weight is 817 g/mol. The van der Waals surface area contributed by atoms with Crippen LogP contribution in [0.4, 0.5) is 28.4 Å². The first-order valence-corrected chi connectivity index (χ1v) is 22.6. The topological polar surface area (TPSA) is 6.48 Å². The molecule has 0 radical (unpaired) electrons. The third kappa shape index (κ3) is 4.93. The van der Waals surface area contributed by atoms with Crippen molar-refractivity contribution in [2.75, 3.05) is 9.80 Å². The Kier molecular flexibility index (Phi) is 7.77. The van der Waals surface area contributed by atoms with Gasteiger partial charge < -0.3 is 9.80 Å². The minimum Gasteiger partial charge on any atom is -0.319 e. The van der Waals surface area contributed by atoms with Gasteiger partial charge in [-0.15, -0.1) is 0 Å². The highest BCUT2D eigenvalue weighted by Gasteiger charge is 2.54. The molecule has 0 atom stereocenters. The maximum atomic E-state index is 4.50. The Hall–Kier alpha value is -7.62. The van der Waals surface area contributed by atoms with Crippen LogP contribution in [0.15, 0.2) is 213 Å². The SMILES string of the molecule is C=CN1c2ccc(-c3ccccc3)cc2B2c3cc(-c4ccccc4)ccc3N(c3cccc4c3C3(c5ccccc5-c5ccccc53)c3ccccc3-4)c3cc(C(C)(C)C)cc1c32. The van der Waals surface area contributed by atoms with Crippen LogP contribution in [-0.2, 0) is 10.8 Å². The summed E-state index contributed by atoms with van der Waals surface area (Å²) in [6, 6.07) is 75.4. The van der Waals surface area contributed by atoms with Gasteiger partial charge in [0.15, 0.2) is 0 Å². The Morgan fingerprint density at radius 2 is 0.922 bits per heavy atom. The molecular formula is C61H45BN2. The van der Waals surface area contributed by atoms with E-state index in [0.717, 1.165) is 0 Å². The van der Waals surface area contributed by atoms with Crippen LogP contribution in [0.3, 0.4) is 0 Å². The third-order valence-electron chi connectivity index (χ3n) is 14.6. The van der Waals surface area contributed by atoms with Gasteiger partial charge in [-0.25, -0.2) is 0 Å². The molecule has 2 nitrogen and oxygen atoms in total. The van der Waals surface area contributed by atoms with Gasteiger partial charge in [0.25, 0.3) is 6.71 Å². The number of benzene rings is 9. The van der Waals surface area contributed by atoms with Gasteiger partial charge in [-0.05, 0) is 119 Å². The van der Waals surface area contributed by atoms with Crippen LogP contribution in [0.5, 0.6) is 0 Å². The van der Waals surface area contributed by atoms with Crippen LogP contribution in [0.2, 0.25) is 0 Å². The predicted octanol–water partition coefficient (Wildman–Crippen LogP) is 13.6. The Labute approximate surface area is 376 Å². The van der Waals surface area contributed by atoms with E-state index < -0.39 is 5.41 Å². The number of hydrogen-bond acceptors (Lipinski definition) is 2. The van der Waals surface area contributed by atoms with Crippen molar-refractivity contribution in [1.82, 2.24) is 0 Å². The number of fused-ring (bicyclic) bond motifs is 14. The largest absolute Gasteiger partial charge is 0.319 e. The zero-order valence-corrected chi connectivity index (χ0v) is 36.3. The van der Waals surface area contributed by atoms with E-state index >= 15 is 0 Å². The number of anilines is 5. The highest BCUT2D eigenvalue weighted by Crippen LogP contribution is 2.65. The lowest BCUT2D eigenvalue weighted by Gasteiger charge is -2.45. The molecule has 0 aromatic heterocycles. The Balaban J connectivity index is 1.17. The van der Waals surface area contributed by atoms with E-state index in [1.54, 1.807) is 0 Å². The van der Waals surface area contributed by atoms with Gasteiger partial charge in [-0.1, -0.05) is 197 Å². The summed E-state index contributed by atoms with van der Waals surface area (Å²) in [5.74, 6) is 0. The van der Waals surface area contributed by atoms with Gasteiger partial charge in [0.1, 0.15) is 0 Å². The quantitative estimate of drug-likeness (QED) is 0.163. The van der Waals surface area contributed by atoms with Gasteiger partial charge in [0.05, 0.1) is 11.1 Å². The minimum absolute atomic E-state index is 0.0420. The molecule has 2 heterocycles. The standard InChI is InChI=1S/C61H45BN2/c1-5-63-53-33-31-41(39-19-8-6-9-20-39)35-51(53)62-52-36-42(40-21-10-7-11-22-40)32-34-54(52)64(57-38-43(60(2,3)4)37-56(63)59(57)62)55-30-18-26-47-46-25-14-17-29-50(46)61(58(47)55)48-27-15-12-23-44(48)45-24-13-16-28-49(45)61/h5-38H,1H2,2-4H3. The van der Waals surface area contributed by atoms with Crippen molar-refractivity contribution in [3.63, 3.8) is 0 Å². The van der Waals surface area contributed by atoms with Crippen molar-refractivity contribution in [3.05, 3.63) is 241 Å². The summed E-state index contributed by atoms with van der Waals surface area (Å²) in [5, 5.41) is 0. The molecule has 2 aliphatic carbocycles. The summed E-state index contributed by atoms with van der Waals surface area (Å²) < 4.78 is 0. The first-order chi connectivity index (χ1) is 31.4. The van der Waals surface area contributed by atoms with E-state index in [-0.39, 0.29) is 12.1 Å². The summed E-state index contributed by atoms with van der Waals surface area (Å²) in [4.78, 5) is 5.01. The van der Waals surface area contributed by atoms with Crippen LogP contribution in [-0.4, -0.2) is 6.71 Å². The fourth-order valence-corrected chi connectivity index (χ4v) is 11.9. The lowest BCUT2D eigenvalue weighted by Crippen LogP contribution is -2.61. The molecule has 9 aromatic rings. The van der Waals surface area contributed by atoms with Crippen molar-refractivity contribution >= 4 is 51.5 Å². The van der Waals surface area contributed by atoms with Crippen molar-refractivity contribution < 1.29 is 0 Å². The molecule has 0 amide bonds. The van der Waals surface area contributed by atoms with Crippen molar-refractivity contribution in [3.8, 4) is 44.5 Å². The molecule has 302 valence electrons. The molecule has 0 N–H and O–H groups in total. The lowest BCUT2D eigenvalue weighted by atomic mass is 9.33. The van der Waals surface area contributed by atoms with E-state index in [2.05, 4.69) is 237 Å². The average Bonchev–Trinajstić information content (AvgIpc) is 3.81. The van der Waals surface area contributed by atoms with Gasteiger partial charge in [0.2, 0.25) is 0 Å². The summed E-state index contributed by atoms with van der Waals surface area (Å²) in [6.07, 6.45) is 2.03. The maximum Gasteiger partial charge on any atom is 0.252 e. The van der Waals surface area contributed by atoms with Gasteiger partial charge in [-0.3, -0.25) is 0 Å². The normalized spacial score (nSPS) is 14.3. The molecule has 1 spiro atoms. The zero-order chi connectivity index (χ0) is 42.9. The van der Waals surface area contributed by atoms with E-state index in [9.17, 15) is 0 Å². The third-order valence-corrected chi connectivity index (χ3v) is 14.6. The van der Waals surface area contributed by atoms with E-state index in [0.29, 0.717) is 0 Å². The molecule has 0 fully saturated rings. The first kappa shape index (κ1) is 37.0. The number of nitrogens with zero attached hydrogens (tertiary/aromatic N) is 2. The van der Waals surface area contributed by atoms with E-state index in [1.165, 1.54) is 117 Å². The van der Waals surface area contributed by atoms with E-state index in [4.69, 9.17) is 0 Å². The summed E-state index contributed by atoms with van der Waals surface area (Å²) in [5.41, 5.74) is 25.9. The second kappa shape index (κ2) is 13.4. The Morgan fingerprint density at radius 1 is 0.438 bits per heavy atom. The highest BCUT2D eigenvalue weighted by molar-refractivity contribution is 7.00. The fraction of sp³-hybridized carbons (Fsp3) is 0.0820. The van der Waals surface area contributed by atoms with E-state index in [1.807, 2.05) is 6.20 Å². The molecule has 0 unspecified atom stereocenters. The molecule has 3 heteroatoms.